The van der Waals surface area contributed by atoms with Gasteiger partial charge in [0.05, 0.1) is 0 Å². The van der Waals surface area contributed by atoms with E-state index in [1.165, 1.54) is 82.6 Å². The van der Waals surface area contributed by atoms with Gasteiger partial charge in [-0.15, -0.1) is 0 Å². The van der Waals surface area contributed by atoms with E-state index in [2.05, 4.69) is 40.3 Å². The SMILES string of the molecule is C=C1CCCC1CC=C1CCC[C@]2(C)[C@@H]([C@H](C)CCCC(C)C)CC[C@@H]12. The van der Waals surface area contributed by atoms with Crippen molar-refractivity contribution in [1.82, 2.24) is 0 Å². The molecule has 5 atom stereocenters. The highest BCUT2D eigenvalue weighted by atomic mass is 14.5. The van der Waals surface area contributed by atoms with E-state index >= 15 is 0 Å². The van der Waals surface area contributed by atoms with Crippen LogP contribution in [-0.4, -0.2) is 0 Å². The molecule has 0 aromatic carbocycles. The molecular formula is C26H44. The van der Waals surface area contributed by atoms with E-state index in [4.69, 9.17) is 0 Å². The molecule has 3 rings (SSSR count). The van der Waals surface area contributed by atoms with E-state index in [1.54, 1.807) is 0 Å². The Balaban J connectivity index is 1.62. The smallest absolute Gasteiger partial charge is 0.0146 e. The lowest BCUT2D eigenvalue weighted by Crippen LogP contribution is -2.36. The Kier molecular flexibility index (Phi) is 6.73. The second-order valence-electron chi connectivity index (χ2n) is 10.7. The van der Waals surface area contributed by atoms with Gasteiger partial charge >= 0.3 is 0 Å². The lowest BCUT2D eigenvalue weighted by atomic mass is 9.60. The molecule has 0 aromatic heterocycles. The number of fused-ring (bicyclic) bond motifs is 1. The molecule has 1 unspecified atom stereocenters. The van der Waals surface area contributed by atoms with E-state index < -0.39 is 0 Å². The second-order valence-corrected chi connectivity index (χ2v) is 10.7. The summed E-state index contributed by atoms with van der Waals surface area (Å²) in [5.74, 6) is 4.43. The maximum Gasteiger partial charge on any atom is -0.0146 e. The van der Waals surface area contributed by atoms with Crippen LogP contribution in [0.2, 0.25) is 0 Å². The molecule has 0 spiro atoms. The van der Waals surface area contributed by atoms with Gasteiger partial charge in [0, 0.05) is 0 Å². The van der Waals surface area contributed by atoms with Gasteiger partial charge in [-0.25, -0.2) is 0 Å². The van der Waals surface area contributed by atoms with Crippen LogP contribution in [0.3, 0.4) is 0 Å². The third kappa shape index (κ3) is 4.31. The van der Waals surface area contributed by atoms with Crippen LogP contribution in [0, 0.1) is 35.0 Å². The van der Waals surface area contributed by atoms with E-state index in [0.717, 1.165) is 29.6 Å². The third-order valence-electron chi connectivity index (χ3n) is 8.46. The molecule has 3 aliphatic rings. The van der Waals surface area contributed by atoms with Crippen LogP contribution in [0.1, 0.15) is 105 Å². The molecule has 3 saturated carbocycles. The Morgan fingerprint density at radius 3 is 2.58 bits per heavy atom. The molecule has 0 nitrogen and oxygen atoms in total. The summed E-state index contributed by atoms with van der Waals surface area (Å²) in [6, 6.07) is 0. The van der Waals surface area contributed by atoms with E-state index in [9.17, 15) is 0 Å². The van der Waals surface area contributed by atoms with Crippen molar-refractivity contribution in [2.45, 2.75) is 105 Å². The fraction of sp³-hybridized carbons (Fsp3) is 0.846. The lowest BCUT2D eigenvalue weighted by Gasteiger charge is -2.44. The third-order valence-corrected chi connectivity index (χ3v) is 8.46. The van der Waals surface area contributed by atoms with Gasteiger partial charge in [-0.3, -0.25) is 0 Å². The molecule has 0 heteroatoms. The Morgan fingerprint density at radius 1 is 1.08 bits per heavy atom. The summed E-state index contributed by atoms with van der Waals surface area (Å²) in [7, 11) is 0. The summed E-state index contributed by atoms with van der Waals surface area (Å²) in [4.78, 5) is 0. The first-order valence-corrected chi connectivity index (χ1v) is 11.8. The van der Waals surface area contributed by atoms with Crippen LogP contribution in [0.5, 0.6) is 0 Å². The average Bonchev–Trinajstić information content (AvgIpc) is 3.15. The zero-order valence-electron chi connectivity index (χ0n) is 18.2. The second kappa shape index (κ2) is 8.66. The highest BCUT2D eigenvalue weighted by molar-refractivity contribution is 5.20. The topological polar surface area (TPSA) is 0 Å². The molecule has 3 fully saturated rings. The van der Waals surface area contributed by atoms with Gasteiger partial charge in [0.15, 0.2) is 0 Å². The van der Waals surface area contributed by atoms with Crippen LogP contribution < -0.4 is 0 Å². The first-order valence-electron chi connectivity index (χ1n) is 11.8. The van der Waals surface area contributed by atoms with Gasteiger partial charge in [0.2, 0.25) is 0 Å². The molecule has 0 aliphatic heterocycles. The summed E-state index contributed by atoms with van der Waals surface area (Å²) in [5, 5.41) is 0. The number of allylic oxidation sites excluding steroid dienone is 3. The molecule has 0 amide bonds. The molecule has 26 heavy (non-hydrogen) atoms. The minimum absolute atomic E-state index is 0.591. The van der Waals surface area contributed by atoms with Crippen molar-refractivity contribution < 1.29 is 0 Å². The predicted octanol–water partition coefficient (Wildman–Crippen LogP) is 8.34. The van der Waals surface area contributed by atoms with Crippen molar-refractivity contribution >= 4 is 0 Å². The van der Waals surface area contributed by atoms with Gasteiger partial charge in [0.1, 0.15) is 0 Å². The van der Waals surface area contributed by atoms with Crippen molar-refractivity contribution in [3.05, 3.63) is 23.8 Å². The molecule has 0 heterocycles. The molecule has 148 valence electrons. The van der Waals surface area contributed by atoms with Gasteiger partial charge in [-0.1, -0.05) is 70.8 Å². The van der Waals surface area contributed by atoms with Gasteiger partial charge in [-0.2, -0.15) is 0 Å². The maximum absolute atomic E-state index is 4.33. The van der Waals surface area contributed by atoms with E-state index in [1.807, 2.05) is 5.57 Å². The number of hydrogen-bond donors (Lipinski definition) is 0. The standard InChI is InChI=1S/C26H44/c1-19(2)9-6-11-21(4)24-16-17-25-23(13-8-18-26(24,25)5)15-14-22-12-7-10-20(22)3/h15,19,21-22,24-25H,3,6-14,16-18H2,1-2,4-5H3/t21-,22?,24-,25+,26-/m1/s1. The molecule has 3 aliphatic carbocycles. The quantitative estimate of drug-likeness (QED) is 0.402. The van der Waals surface area contributed by atoms with Crippen molar-refractivity contribution in [3.8, 4) is 0 Å². The monoisotopic (exact) mass is 356 g/mol. The summed E-state index contributed by atoms with van der Waals surface area (Å²) in [5.41, 5.74) is 3.97. The van der Waals surface area contributed by atoms with Crippen LogP contribution in [-0.2, 0) is 0 Å². The normalized spacial score (nSPS) is 37.5. The van der Waals surface area contributed by atoms with E-state index in [0.29, 0.717) is 5.41 Å². The molecule has 0 saturated heterocycles. The van der Waals surface area contributed by atoms with Crippen LogP contribution in [0.4, 0.5) is 0 Å². The summed E-state index contributed by atoms with van der Waals surface area (Å²) < 4.78 is 0. The number of hydrogen-bond acceptors (Lipinski definition) is 0. The fourth-order valence-electron chi connectivity index (χ4n) is 6.87. The van der Waals surface area contributed by atoms with Crippen molar-refractivity contribution in [2.24, 2.45) is 35.0 Å². The largest absolute Gasteiger partial charge is 0.0996 e. The zero-order valence-corrected chi connectivity index (χ0v) is 18.2. The van der Waals surface area contributed by atoms with Crippen molar-refractivity contribution in [1.29, 1.82) is 0 Å². The van der Waals surface area contributed by atoms with E-state index in [-0.39, 0.29) is 0 Å². The highest BCUT2D eigenvalue weighted by Crippen LogP contribution is 2.60. The first-order chi connectivity index (χ1) is 12.4. The number of rotatable bonds is 7. The summed E-state index contributed by atoms with van der Waals surface area (Å²) in [6.45, 7) is 14.3. The molecule has 0 N–H and O–H groups in total. The molecular weight excluding hydrogens is 312 g/mol. The van der Waals surface area contributed by atoms with Crippen LogP contribution >= 0.6 is 0 Å². The van der Waals surface area contributed by atoms with Crippen LogP contribution in [0.25, 0.3) is 0 Å². The lowest BCUT2D eigenvalue weighted by molar-refractivity contribution is 0.0926. The Bertz CT molecular complexity index is 510. The molecule has 0 radical (unpaired) electrons. The van der Waals surface area contributed by atoms with Crippen molar-refractivity contribution in [3.63, 3.8) is 0 Å². The minimum Gasteiger partial charge on any atom is -0.0996 e. The predicted molar refractivity (Wildman–Crippen MR) is 115 cm³/mol. The van der Waals surface area contributed by atoms with Crippen molar-refractivity contribution in [2.75, 3.05) is 0 Å². The Labute approximate surface area is 163 Å². The summed E-state index contributed by atoms with van der Waals surface area (Å²) in [6.07, 6.45) is 19.6. The summed E-state index contributed by atoms with van der Waals surface area (Å²) >= 11 is 0. The molecule has 0 aromatic rings. The minimum atomic E-state index is 0.591. The first kappa shape index (κ1) is 20.2. The fourth-order valence-corrected chi connectivity index (χ4v) is 6.87. The van der Waals surface area contributed by atoms with Gasteiger partial charge < -0.3 is 0 Å². The highest BCUT2D eigenvalue weighted by Gasteiger charge is 2.50. The Morgan fingerprint density at radius 2 is 1.88 bits per heavy atom. The average molecular weight is 357 g/mol. The van der Waals surface area contributed by atoms with Gasteiger partial charge in [0.25, 0.3) is 0 Å². The maximum atomic E-state index is 4.33. The van der Waals surface area contributed by atoms with Gasteiger partial charge in [-0.05, 0) is 92.8 Å². The molecule has 0 bridgehead atoms. The Hall–Kier alpha value is -0.520. The zero-order chi connectivity index (χ0) is 18.7. The van der Waals surface area contributed by atoms with Crippen LogP contribution in [0.15, 0.2) is 23.8 Å².